The minimum Gasteiger partial charge on any atom is -0.507 e. The van der Waals surface area contributed by atoms with E-state index in [2.05, 4.69) is 15.9 Å². The van der Waals surface area contributed by atoms with Crippen LogP contribution in [-0.4, -0.2) is 53.8 Å². The lowest BCUT2D eigenvalue weighted by Gasteiger charge is -2.26. The second-order valence-corrected chi connectivity index (χ2v) is 10.4. The summed E-state index contributed by atoms with van der Waals surface area (Å²) in [7, 11) is 3.93. The van der Waals surface area contributed by atoms with Crippen LogP contribution >= 0.6 is 15.9 Å². The average Bonchev–Trinajstić information content (AvgIpc) is 3.13. The van der Waals surface area contributed by atoms with Crippen molar-refractivity contribution in [1.29, 1.82) is 0 Å². The lowest BCUT2D eigenvalue weighted by Crippen LogP contribution is -2.32. The molecule has 7 heteroatoms. The highest BCUT2D eigenvalue weighted by Gasteiger charge is 2.45. The van der Waals surface area contributed by atoms with Gasteiger partial charge in [-0.2, -0.15) is 0 Å². The van der Waals surface area contributed by atoms with Crippen LogP contribution in [0.1, 0.15) is 34.7 Å². The molecule has 1 N–H and O–H groups in total. The Morgan fingerprint density at radius 1 is 1.03 bits per heavy atom. The Bertz CT molecular complexity index is 1320. The van der Waals surface area contributed by atoms with E-state index in [9.17, 15) is 14.7 Å². The number of likely N-dealkylation sites (tertiary alicyclic amines) is 1. The summed E-state index contributed by atoms with van der Waals surface area (Å²) in [6, 6.07) is 21.8. The molecule has 0 saturated carbocycles. The van der Waals surface area contributed by atoms with Gasteiger partial charge in [0.25, 0.3) is 11.7 Å². The maximum Gasteiger partial charge on any atom is 0.295 e. The molecule has 1 aliphatic rings. The fourth-order valence-electron chi connectivity index (χ4n) is 4.49. The number of benzene rings is 3. The third kappa shape index (κ3) is 6.12. The summed E-state index contributed by atoms with van der Waals surface area (Å²) < 4.78 is 6.75. The molecule has 192 valence electrons. The number of rotatable bonds is 9. The van der Waals surface area contributed by atoms with Gasteiger partial charge in [0.15, 0.2) is 0 Å². The average molecular weight is 563 g/mol. The smallest absolute Gasteiger partial charge is 0.295 e. The fraction of sp³-hybridized carbons (Fsp3) is 0.267. The van der Waals surface area contributed by atoms with Gasteiger partial charge in [-0.15, -0.1) is 0 Å². The van der Waals surface area contributed by atoms with Gasteiger partial charge in [-0.1, -0.05) is 52.3 Å². The zero-order valence-corrected chi connectivity index (χ0v) is 22.9. The molecule has 3 aromatic carbocycles. The predicted octanol–water partition coefficient (Wildman–Crippen LogP) is 5.71. The molecule has 1 fully saturated rings. The van der Waals surface area contributed by atoms with Crippen LogP contribution in [0.3, 0.4) is 0 Å². The third-order valence-electron chi connectivity index (χ3n) is 6.49. The number of ketones is 1. The van der Waals surface area contributed by atoms with Crippen molar-refractivity contribution in [3.05, 3.63) is 105 Å². The summed E-state index contributed by atoms with van der Waals surface area (Å²) >= 11 is 3.49. The fourth-order valence-corrected chi connectivity index (χ4v) is 4.91. The highest BCUT2D eigenvalue weighted by Crippen LogP contribution is 2.40. The molecule has 3 aromatic rings. The van der Waals surface area contributed by atoms with Crippen LogP contribution in [-0.2, 0) is 16.2 Å². The first kappa shape index (κ1) is 26.6. The highest BCUT2D eigenvalue weighted by molar-refractivity contribution is 9.10. The van der Waals surface area contributed by atoms with E-state index >= 15 is 0 Å². The van der Waals surface area contributed by atoms with E-state index in [1.54, 1.807) is 29.2 Å². The quantitative estimate of drug-likeness (QED) is 0.205. The first-order chi connectivity index (χ1) is 17.8. The monoisotopic (exact) mass is 562 g/mol. The lowest BCUT2D eigenvalue weighted by molar-refractivity contribution is -0.139. The summed E-state index contributed by atoms with van der Waals surface area (Å²) in [5.41, 5.74) is 3.56. The molecule has 1 atom stereocenters. The summed E-state index contributed by atoms with van der Waals surface area (Å²) in [6.45, 7) is 3.65. The number of hydrogen-bond donors (Lipinski definition) is 1. The number of carbonyl (C=O) groups is 2. The zero-order chi connectivity index (χ0) is 26.5. The lowest BCUT2D eigenvalue weighted by atomic mass is 9.95. The second-order valence-electron chi connectivity index (χ2n) is 9.44. The number of aliphatic hydroxyl groups excluding tert-OH is 1. The maximum atomic E-state index is 13.2. The molecule has 1 unspecified atom stereocenters. The van der Waals surface area contributed by atoms with Crippen LogP contribution in [0.2, 0.25) is 0 Å². The largest absolute Gasteiger partial charge is 0.507 e. The summed E-state index contributed by atoms with van der Waals surface area (Å²) in [5, 5.41) is 11.3. The van der Waals surface area contributed by atoms with Gasteiger partial charge in [0, 0.05) is 16.6 Å². The van der Waals surface area contributed by atoms with Crippen molar-refractivity contribution in [2.45, 2.75) is 26.0 Å². The zero-order valence-electron chi connectivity index (χ0n) is 21.3. The van der Waals surface area contributed by atoms with Crippen molar-refractivity contribution in [3.8, 4) is 5.75 Å². The van der Waals surface area contributed by atoms with Crippen LogP contribution in [0.15, 0.2) is 82.8 Å². The van der Waals surface area contributed by atoms with Gasteiger partial charge in [0.2, 0.25) is 0 Å². The number of Topliss-reactive ketones (excluding diaryl/α,β-unsaturated/α-hetero) is 1. The molecule has 0 aromatic heterocycles. The topological polar surface area (TPSA) is 70.1 Å². The molecular weight excluding hydrogens is 532 g/mol. The van der Waals surface area contributed by atoms with Crippen molar-refractivity contribution in [2.75, 3.05) is 27.2 Å². The van der Waals surface area contributed by atoms with E-state index in [-0.39, 0.29) is 11.3 Å². The minimum atomic E-state index is -0.674. The number of aliphatic hydroxyl groups is 1. The molecule has 1 heterocycles. The van der Waals surface area contributed by atoms with Crippen molar-refractivity contribution < 1.29 is 19.4 Å². The number of carbonyl (C=O) groups excluding carboxylic acids is 2. The van der Waals surface area contributed by atoms with Gasteiger partial charge in [0.05, 0.1) is 11.6 Å². The predicted molar refractivity (Wildman–Crippen MR) is 148 cm³/mol. The van der Waals surface area contributed by atoms with Crippen molar-refractivity contribution in [3.63, 3.8) is 0 Å². The molecule has 6 nitrogen and oxygen atoms in total. The minimum absolute atomic E-state index is 0.0986. The molecule has 0 radical (unpaired) electrons. The van der Waals surface area contributed by atoms with Gasteiger partial charge >= 0.3 is 0 Å². The SMILES string of the molecule is Cc1ccccc1COc1ccc(/C(O)=C2\C(=O)C(=O)N(CCCN(C)C)C2c2cccc(Br)c2)cc1. The number of amides is 1. The van der Waals surface area contributed by atoms with E-state index in [0.29, 0.717) is 30.9 Å². The summed E-state index contributed by atoms with van der Waals surface area (Å²) in [6.07, 6.45) is 0.706. The Balaban J connectivity index is 1.63. The van der Waals surface area contributed by atoms with E-state index in [4.69, 9.17) is 4.74 Å². The Labute approximate surface area is 226 Å². The number of halogens is 1. The first-order valence-corrected chi connectivity index (χ1v) is 13.0. The van der Waals surface area contributed by atoms with E-state index in [1.807, 2.05) is 74.4 Å². The number of aryl methyl sites for hydroxylation is 1. The number of ether oxygens (including phenoxy) is 1. The molecule has 1 amide bonds. The van der Waals surface area contributed by atoms with E-state index in [0.717, 1.165) is 27.7 Å². The van der Waals surface area contributed by atoms with Gasteiger partial charge in [-0.25, -0.2) is 0 Å². The molecule has 0 spiro atoms. The Morgan fingerprint density at radius 3 is 2.43 bits per heavy atom. The van der Waals surface area contributed by atoms with Crippen molar-refractivity contribution in [1.82, 2.24) is 9.80 Å². The number of nitrogens with zero attached hydrogens (tertiary/aromatic N) is 2. The first-order valence-electron chi connectivity index (χ1n) is 12.2. The second kappa shape index (κ2) is 11.8. The summed E-state index contributed by atoms with van der Waals surface area (Å²) in [5.74, 6) is -0.813. The standard InChI is InChI=1S/C30H31BrN2O4/c1-20-8-4-5-9-23(20)19-37-25-14-12-21(13-15-25)28(34)26-27(22-10-6-11-24(31)18-22)33(30(36)29(26)35)17-7-16-32(2)3/h4-6,8-15,18,27,34H,7,16-17,19H2,1-3H3/b28-26+. The number of hydrogen-bond acceptors (Lipinski definition) is 5. The van der Waals surface area contributed by atoms with Gasteiger partial charge < -0.3 is 19.6 Å². The highest BCUT2D eigenvalue weighted by atomic mass is 79.9. The third-order valence-corrected chi connectivity index (χ3v) is 6.99. The van der Waals surface area contributed by atoms with Crippen molar-refractivity contribution >= 4 is 33.4 Å². The van der Waals surface area contributed by atoms with Gasteiger partial charge in [0.1, 0.15) is 18.1 Å². The van der Waals surface area contributed by atoms with Crippen LogP contribution < -0.4 is 4.74 Å². The molecule has 0 aliphatic carbocycles. The van der Waals surface area contributed by atoms with Crippen LogP contribution in [0.4, 0.5) is 0 Å². The van der Waals surface area contributed by atoms with Crippen LogP contribution in [0.25, 0.3) is 5.76 Å². The Morgan fingerprint density at radius 2 is 1.76 bits per heavy atom. The van der Waals surface area contributed by atoms with Gasteiger partial charge in [-0.3, -0.25) is 9.59 Å². The molecule has 4 rings (SSSR count). The Kier molecular flexibility index (Phi) is 8.46. The molecule has 1 aliphatic heterocycles. The van der Waals surface area contributed by atoms with E-state index < -0.39 is 17.7 Å². The Hall–Kier alpha value is -3.42. The summed E-state index contributed by atoms with van der Waals surface area (Å²) in [4.78, 5) is 29.9. The van der Waals surface area contributed by atoms with Gasteiger partial charge in [-0.05, 0) is 87.1 Å². The van der Waals surface area contributed by atoms with Crippen LogP contribution in [0, 0.1) is 6.92 Å². The molecule has 0 bridgehead atoms. The maximum absolute atomic E-state index is 13.2. The normalized spacial score (nSPS) is 17.0. The van der Waals surface area contributed by atoms with E-state index in [1.165, 1.54) is 0 Å². The molecule has 37 heavy (non-hydrogen) atoms. The molecule has 1 saturated heterocycles. The van der Waals surface area contributed by atoms with Crippen LogP contribution in [0.5, 0.6) is 5.75 Å². The molecular formula is C30H31BrN2O4. The van der Waals surface area contributed by atoms with Crippen molar-refractivity contribution in [2.24, 2.45) is 0 Å².